The highest BCUT2D eigenvalue weighted by Gasteiger charge is 2.73. The zero-order chi connectivity index (χ0) is 32.8. The number of aromatic nitrogens is 2. The van der Waals surface area contributed by atoms with E-state index in [0.29, 0.717) is 30.6 Å². The summed E-state index contributed by atoms with van der Waals surface area (Å²) < 4.78 is 1.86. The topological polar surface area (TPSA) is 84.2 Å². The molecule has 4 aliphatic carbocycles. The number of ketones is 1. The number of aryl methyl sites for hydroxylation is 1. The number of allylic oxidation sites excluding steroid dienone is 1. The smallest absolute Gasteiger partial charge is 0.255 e. The molecule has 3 aromatic rings. The van der Waals surface area contributed by atoms with Gasteiger partial charge in [-0.1, -0.05) is 64.0 Å². The summed E-state index contributed by atoms with van der Waals surface area (Å²) in [6.07, 6.45) is 8.05. The largest absolute Gasteiger partial charge is 0.391 e. The zero-order valence-corrected chi connectivity index (χ0v) is 28.6. The molecule has 2 aromatic carbocycles. The second-order valence-corrected chi connectivity index (χ2v) is 15.9. The third kappa shape index (κ3) is 4.21. The molecule has 0 radical (unpaired) electrons. The number of carbonyl (C=O) groups is 2. The van der Waals surface area contributed by atoms with Gasteiger partial charge in [0.2, 0.25) is 0 Å². The summed E-state index contributed by atoms with van der Waals surface area (Å²) in [5, 5.41) is 20.1. The molecule has 1 aromatic heterocycles. The first-order valence-electron chi connectivity index (χ1n) is 16.9. The number of hydrogen-bond acceptors (Lipinski definition) is 4. The lowest BCUT2D eigenvalue weighted by Crippen LogP contribution is -2.68. The maximum absolute atomic E-state index is 13.5. The molecular weight excluding hydrogens is 594 g/mol. The van der Waals surface area contributed by atoms with Gasteiger partial charge in [-0.05, 0) is 104 Å². The van der Waals surface area contributed by atoms with Crippen LogP contribution in [0.4, 0.5) is 5.69 Å². The van der Waals surface area contributed by atoms with E-state index in [1.165, 1.54) is 5.57 Å². The van der Waals surface area contributed by atoms with Crippen molar-refractivity contribution in [1.82, 2.24) is 9.78 Å². The van der Waals surface area contributed by atoms with Crippen LogP contribution in [0, 0.1) is 40.9 Å². The Hall–Kier alpha value is -3.22. The number of Topliss-reactive ketones (excluding diaryl/α,β-unsaturated/α-hetero) is 1. The van der Waals surface area contributed by atoms with E-state index >= 15 is 0 Å². The molecular formula is C39H46ClN3O3. The fraction of sp³-hybridized carbons (Fsp3) is 0.513. The third-order valence-electron chi connectivity index (χ3n) is 13.3. The minimum Gasteiger partial charge on any atom is -0.391 e. The Kier molecular flexibility index (Phi) is 7.26. The van der Waals surface area contributed by atoms with E-state index in [1.807, 2.05) is 67.1 Å². The van der Waals surface area contributed by atoms with Gasteiger partial charge in [0.25, 0.3) is 5.91 Å². The van der Waals surface area contributed by atoms with Gasteiger partial charge in [-0.15, -0.1) is 11.6 Å². The molecule has 0 saturated heterocycles. The monoisotopic (exact) mass is 639 g/mol. The van der Waals surface area contributed by atoms with Crippen LogP contribution in [0.5, 0.6) is 0 Å². The molecule has 3 fully saturated rings. The van der Waals surface area contributed by atoms with E-state index in [4.69, 9.17) is 16.7 Å². The number of aliphatic hydroxyl groups is 1. The molecule has 0 spiro atoms. The number of nitrogens with one attached hydrogen (secondary N) is 1. The number of carbonyl (C=O) groups excluding carboxylic acids is 2. The number of amides is 1. The van der Waals surface area contributed by atoms with Crippen LogP contribution in [0.2, 0.25) is 0 Å². The third-order valence-corrected chi connectivity index (χ3v) is 14.2. The first-order valence-corrected chi connectivity index (χ1v) is 17.3. The lowest BCUT2D eigenvalue weighted by atomic mass is 9.43. The summed E-state index contributed by atoms with van der Waals surface area (Å²) in [5.41, 5.74) is 5.32. The fourth-order valence-corrected chi connectivity index (χ4v) is 10.9. The molecule has 0 aliphatic heterocycles. The molecule has 46 heavy (non-hydrogen) atoms. The van der Waals surface area contributed by atoms with Crippen molar-refractivity contribution in [2.24, 2.45) is 34.0 Å². The van der Waals surface area contributed by atoms with E-state index < -0.39 is 21.8 Å². The van der Waals surface area contributed by atoms with Gasteiger partial charge in [0.15, 0.2) is 0 Å². The number of benzene rings is 2. The van der Waals surface area contributed by atoms with Crippen LogP contribution in [-0.2, 0) is 11.2 Å². The Balaban J connectivity index is 1.19. The Morgan fingerprint density at radius 1 is 1.11 bits per heavy atom. The lowest BCUT2D eigenvalue weighted by molar-refractivity contribution is -0.153. The number of hydrogen-bond donors (Lipinski definition) is 2. The van der Waals surface area contributed by atoms with E-state index in [-0.39, 0.29) is 29.1 Å². The van der Waals surface area contributed by atoms with Gasteiger partial charge in [-0.25, -0.2) is 4.68 Å². The zero-order valence-electron chi connectivity index (χ0n) is 27.9. The maximum atomic E-state index is 13.5. The molecule has 1 heterocycles. The van der Waals surface area contributed by atoms with Gasteiger partial charge in [0, 0.05) is 34.7 Å². The minimum atomic E-state index is -0.838. The number of nitrogens with zero attached hydrogens (tertiary/aromatic N) is 2. The number of aliphatic hydroxyl groups excluding tert-OH is 1. The summed E-state index contributed by atoms with van der Waals surface area (Å²) in [6, 6.07) is 15.3. The Bertz CT molecular complexity index is 1760. The molecule has 3 saturated carbocycles. The maximum Gasteiger partial charge on any atom is 0.255 e. The molecule has 6 nitrogen and oxygen atoms in total. The highest BCUT2D eigenvalue weighted by atomic mass is 35.5. The van der Waals surface area contributed by atoms with Crippen molar-refractivity contribution in [3.8, 4) is 5.69 Å². The van der Waals surface area contributed by atoms with Crippen LogP contribution < -0.4 is 5.32 Å². The van der Waals surface area contributed by atoms with Crippen molar-refractivity contribution in [2.45, 2.75) is 91.0 Å². The average Bonchev–Trinajstić information content (AvgIpc) is 3.53. The molecule has 242 valence electrons. The molecule has 2 N–H and O–H groups in total. The van der Waals surface area contributed by atoms with Gasteiger partial charge in [0.05, 0.1) is 22.4 Å². The molecule has 1 amide bonds. The summed E-state index contributed by atoms with van der Waals surface area (Å²) in [5.74, 6) is 0.777. The Morgan fingerprint density at radius 2 is 1.85 bits per heavy atom. The SMILES string of the molecule is CCC(=O)[C@@]1(C)[C@@H](C)C[C@H]2[C@@H]3CCC4=Cc5nn(-c6cccc(C(=O)Nc7ccc(C)cc7)c6)cc5C[C@]4(C)[C@@]3(Cl)[C@@H](O)C[C@@]21C. The van der Waals surface area contributed by atoms with Crippen LogP contribution in [0.3, 0.4) is 0 Å². The van der Waals surface area contributed by atoms with Gasteiger partial charge >= 0.3 is 0 Å². The standard InChI is InChI=1S/C39H46ClN3O3/c1-7-33(44)38(6)24(3)17-31-30-16-13-27-19-32-26(20-36(27,4)39(30,40)34(45)21-37(31,38)5)22-43(42-32)29-10-8-9-25(18-29)35(46)41-28-14-11-23(2)12-15-28/h8-12,14-15,18-19,22,24,30-31,34,45H,7,13,16-17,20-21H2,1-6H3,(H,41,46)/t24-,30-,31-,34-,36-,37-,38+,39-/m0/s1. The average molecular weight is 640 g/mol. The summed E-state index contributed by atoms with van der Waals surface area (Å²) >= 11 is 7.90. The number of fused-ring (bicyclic) bond motifs is 6. The Morgan fingerprint density at radius 3 is 2.57 bits per heavy atom. The van der Waals surface area contributed by atoms with E-state index in [0.717, 1.165) is 47.5 Å². The molecule has 8 atom stereocenters. The molecule has 0 unspecified atom stereocenters. The quantitative estimate of drug-likeness (QED) is 0.276. The summed E-state index contributed by atoms with van der Waals surface area (Å²) in [6.45, 7) is 12.9. The molecule has 7 heteroatoms. The predicted octanol–water partition coefficient (Wildman–Crippen LogP) is 8.18. The van der Waals surface area contributed by atoms with Gasteiger partial charge < -0.3 is 10.4 Å². The van der Waals surface area contributed by atoms with E-state index in [2.05, 4.69) is 45.3 Å². The highest BCUT2D eigenvalue weighted by molar-refractivity contribution is 6.26. The lowest BCUT2D eigenvalue weighted by Gasteiger charge is -2.65. The van der Waals surface area contributed by atoms with Crippen molar-refractivity contribution >= 4 is 35.1 Å². The van der Waals surface area contributed by atoms with Crippen LogP contribution in [0.1, 0.15) is 93.9 Å². The minimum absolute atomic E-state index is 0.110. The van der Waals surface area contributed by atoms with E-state index in [9.17, 15) is 14.7 Å². The van der Waals surface area contributed by atoms with Gasteiger partial charge in [-0.2, -0.15) is 5.10 Å². The predicted molar refractivity (Wildman–Crippen MR) is 183 cm³/mol. The Labute approximate surface area is 277 Å². The number of anilines is 1. The summed E-state index contributed by atoms with van der Waals surface area (Å²) in [7, 11) is 0. The van der Waals surface area contributed by atoms with Crippen molar-refractivity contribution < 1.29 is 14.7 Å². The number of halogens is 1. The van der Waals surface area contributed by atoms with Crippen LogP contribution in [-0.4, -0.2) is 37.6 Å². The van der Waals surface area contributed by atoms with Gasteiger partial charge in [-0.3, -0.25) is 9.59 Å². The van der Waals surface area contributed by atoms with Gasteiger partial charge in [0.1, 0.15) is 5.78 Å². The first-order chi connectivity index (χ1) is 21.8. The van der Waals surface area contributed by atoms with Crippen LogP contribution in [0.15, 0.2) is 60.3 Å². The van der Waals surface area contributed by atoms with E-state index in [1.54, 1.807) is 0 Å². The molecule has 4 aliphatic rings. The van der Waals surface area contributed by atoms with Crippen molar-refractivity contribution in [2.75, 3.05) is 5.32 Å². The molecule has 0 bridgehead atoms. The van der Waals surface area contributed by atoms with Crippen LogP contribution in [0.25, 0.3) is 11.8 Å². The number of rotatable bonds is 5. The van der Waals surface area contributed by atoms with Crippen molar-refractivity contribution in [1.29, 1.82) is 0 Å². The second kappa shape index (κ2) is 10.6. The number of alkyl halides is 1. The van der Waals surface area contributed by atoms with Crippen molar-refractivity contribution in [3.05, 3.63) is 82.7 Å². The van der Waals surface area contributed by atoms with Crippen molar-refractivity contribution in [3.63, 3.8) is 0 Å². The van der Waals surface area contributed by atoms with Crippen LogP contribution >= 0.6 is 11.6 Å². The molecule has 7 rings (SSSR count). The second-order valence-electron chi connectivity index (χ2n) is 15.3. The first kappa shape index (κ1) is 31.4. The summed E-state index contributed by atoms with van der Waals surface area (Å²) in [4.78, 5) is 25.8. The normalized spacial score (nSPS) is 36.1. The highest BCUT2D eigenvalue weighted by Crippen LogP contribution is 2.74. The fourth-order valence-electron chi connectivity index (χ4n) is 10.3.